The number of hydrogen-bond donors (Lipinski definition) is 0. The molecule has 1 aromatic carbocycles. The van der Waals surface area contributed by atoms with E-state index in [0.29, 0.717) is 5.57 Å². The molecule has 0 radical (unpaired) electrons. The Kier molecular flexibility index (Phi) is 4.47. The number of rotatable bonds is 3. The lowest BCUT2D eigenvalue weighted by Gasteiger charge is -2.29. The van der Waals surface area contributed by atoms with Crippen LogP contribution in [0.4, 0.5) is 13.2 Å². The van der Waals surface area contributed by atoms with Crippen molar-refractivity contribution >= 4 is 15.6 Å². The highest BCUT2D eigenvalue weighted by Crippen LogP contribution is 2.37. The zero-order chi connectivity index (χ0) is 16.5. The number of sulfone groups is 1. The van der Waals surface area contributed by atoms with E-state index in [4.69, 9.17) is 0 Å². The maximum Gasteiger partial charge on any atom is 0.450 e. The number of carbonyl (C=O) groups is 1. The van der Waals surface area contributed by atoms with Gasteiger partial charge in [-0.05, 0) is 31.9 Å². The third-order valence-corrected chi connectivity index (χ3v) is 6.02. The first kappa shape index (κ1) is 16.7. The summed E-state index contributed by atoms with van der Waals surface area (Å²) in [4.78, 5) is 11.6. The van der Waals surface area contributed by atoms with Crippen molar-refractivity contribution < 1.29 is 26.4 Å². The van der Waals surface area contributed by atoms with Crippen molar-refractivity contribution in [2.75, 3.05) is 0 Å². The molecule has 22 heavy (non-hydrogen) atoms. The maximum atomic E-state index is 12.8. The average Bonchev–Trinajstić information content (AvgIpc) is 2.46. The van der Waals surface area contributed by atoms with E-state index in [0.717, 1.165) is 0 Å². The summed E-state index contributed by atoms with van der Waals surface area (Å²) in [5.41, 5.74) is 0.599. The first-order valence-corrected chi connectivity index (χ1v) is 8.24. The summed E-state index contributed by atoms with van der Waals surface area (Å²) in [6.07, 6.45) is -3.72. The lowest BCUT2D eigenvalue weighted by molar-refractivity contribution is -0.175. The molecule has 1 aromatic rings. The van der Waals surface area contributed by atoms with E-state index in [9.17, 15) is 26.4 Å². The third kappa shape index (κ3) is 3.24. The maximum absolute atomic E-state index is 12.8. The van der Waals surface area contributed by atoms with Gasteiger partial charge in [-0.2, -0.15) is 13.2 Å². The molecule has 0 spiro atoms. The van der Waals surface area contributed by atoms with Crippen LogP contribution in [0.25, 0.3) is 0 Å². The average molecular weight is 332 g/mol. The van der Waals surface area contributed by atoms with E-state index in [2.05, 4.69) is 0 Å². The van der Waals surface area contributed by atoms with Gasteiger partial charge < -0.3 is 0 Å². The van der Waals surface area contributed by atoms with Crippen LogP contribution in [0.2, 0.25) is 0 Å². The number of Topliss-reactive ketones (excluding diaryl/α,β-unsaturated/α-hetero) is 1. The predicted molar refractivity (Wildman–Crippen MR) is 75.0 cm³/mol. The van der Waals surface area contributed by atoms with Crippen LogP contribution >= 0.6 is 0 Å². The highest BCUT2D eigenvalue weighted by molar-refractivity contribution is 7.92. The van der Waals surface area contributed by atoms with Gasteiger partial charge in [0.05, 0.1) is 10.1 Å². The van der Waals surface area contributed by atoms with Crippen LogP contribution in [0, 0.1) is 5.92 Å². The number of allylic oxidation sites excluding steroid dienone is 2. The number of carbonyl (C=O) groups excluding carboxylic acids is 1. The molecule has 0 heterocycles. The van der Waals surface area contributed by atoms with Gasteiger partial charge in [-0.1, -0.05) is 29.8 Å². The van der Waals surface area contributed by atoms with Crippen molar-refractivity contribution in [1.29, 1.82) is 0 Å². The molecule has 0 N–H and O–H groups in total. The van der Waals surface area contributed by atoms with Crippen molar-refractivity contribution in [2.45, 2.75) is 36.1 Å². The van der Waals surface area contributed by atoms with E-state index in [-0.39, 0.29) is 17.7 Å². The van der Waals surface area contributed by atoms with Crippen molar-refractivity contribution in [1.82, 2.24) is 0 Å². The number of hydrogen-bond acceptors (Lipinski definition) is 3. The first-order valence-electron chi connectivity index (χ1n) is 6.69. The minimum absolute atomic E-state index is 0.0621. The molecule has 0 unspecified atom stereocenters. The van der Waals surface area contributed by atoms with Gasteiger partial charge in [0.1, 0.15) is 0 Å². The molecule has 0 bridgehead atoms. The quantitative estimate of drug-likeness (QED) is 0.798. The first-order chi connectivity index (χ1) is 10.1. The molecule has 0 saturated heterocycles. The van der Waals surface area contributed by atoms with E-state index < -0.39 is 33.0 Å². The van der Waals surface area contributed by atoms with Gasteiger partial charge >= 0.3 is 6.18 Å². The van der Waals surface area contributed by atoms with Gasteiger partial charge in [-0.3, -0.25) is 4.79 Å². The highest BCUT2D eigenvalue weighted by Gasteiger charge is 2.50. The third-order valence-electron chi connectivity index (χ3n) is 3.78. The second-order valence-electron chi connectivity index (χ2n) is 5.36. The van der Waals surface area contributed by atoms with Crippen LogP contribution < -0.4 is 0 Å². The minimum atomic E-state index is -5.03. The van der Waals surface area contributed by atoms with E-state index >= 15 is 0 Å². The van der Waals surface area contributed by atoms with Crippen molar-refractivity contribution in [2.24, 2.45) is 5.92 Å². The summed E-state index contributed by atoms with van der Waals surface area (Å²) in [7, 11) is -4.01. The smallest absolute Gasteiger partial charge is 0.289 e. The normalized spacial score (nSPS) is 23.0. The summed E-state index contributed by atoms with van der Waals surface area (Å²) in [5, 5.41) is -1.38. The van der Waals surface area contributed by atoms with E-state index in [1.165, 1.54) is 24.3 Å². The van der Waals surface area contributed by atoms with Crippen molar-refractivity contribution in [3.05, 3.63) is 42.0 Å². The molecule has 2 atom stereocenters. The number of halogens is 3. The van der Waals surface area contributed by atoms with E-state index in [1.54, 1.807) is 19.1 Å². The summed E-state index contributed by atoms with van der Waals surface area (Å²) in [5.74, 6) is -3.56. The Labute approximate surface area is 126 Å². The molecule has 0 saturated carbocycles. The lowest BCUT2D eigenvalue weighted by atomic mass is 9.85. The highest BCUT2D eigenvalue weighted by atomic mass is 32.2. The number of benzene rings is 1. The van der Waals surface area contributed by atoms with Gasteiger partial charge in [0, 0.05) is 5.92 Å². The van der Waals surface area contributed by atoms with Gasteiger partial charge in [-0.25, -0.2) is 8.42 Å². The molecule has 0 fully saturated rings. The zero-order valence-electron chi connectivity index (χ0n) is 11.8. The monoisotopic (exact) mass is 332 g/mol. The standard InChI is InChI=1S/C15H15F3O3S/c1-10-7-8-13(12(9-10)14(19)15(16,17)18)22(20,21)11-5-3-2-4-6-11/h2-7,12-13H,8-9H2,1H3/t12-,13-/m1/s1. The summed E-state index contributed by atoms with van der Waals surface area (Å²) < 4.78 is 63.5. The Balaban J connectivity index is 2.45. The summed E-state index contributed by atoms with van der Waals surface area (Å²) >= 11 is 0. The molecule has 7 heteroatoms. The molecule has 3 nitrogen and oxygen atoms in total. The molecule has 1 aliphatic rings. The largest absolute Gasteiger partial charge is 0.450 e. The number of alkyl halides is 3. The fourth-order valence-electron chi connectivity index (χ4n) is 2.64. The Bertz CT molecular complexity index is 690. The predicted octanol–water partition coefficient (Wildman–Crippen LogP) is 3.32. The molecular weight excluding hydrogens is 317 g/mol. The molecule has 1 aliphatic carbocycles. The van der Waals surface area contributed by atoms with Crippen LogP contribution in [0.3, 0.4) is 0 Å². The van der Waals surface area contributed by atoms with Crippen LogP contribution in [0.5, 0.6) is 0 Å². The molecule has 0 aliphatic heterocycles. The minimum Gasteiger partial charge on any atom is -0.289 e. The van der Waals surface area contributed by atoms with Gasteiger partial charge in [0.25, 0.3) is 0 Å². The second kappa shape index (κ2) is 5.87. The molecule has 120 valence electrons. The fourth-order valence-corrected chi connectivity index (χ4v) is 4.53. The Morgan fingerprint density at radius 1 is 1.18 bits per heavy atom. The molecule has 0 amide bonds. The van der Waals surface area contributed by atoms with Gasteiger partial charge in [0.15, 0.2) is 9.84 Å². The van der Waals surface area contributed by atoms with Crippen molar-refractivity contribution in [3.8, 4) is 0 Å². The summed E-state index contributed by atoms with van der Waals surface area (Å²) in [6, 6.07) is 7.27. The van der Waals surface area contributed by atoms with Crippen LogP contribution in [-0.4, -0.2) is 25.6 Å². The molecule has 0 aromatic heterocycles. The van der Waals surface area contributed by atoms with Gasteiger partial charge in [-0.15, -0.1) is 0 Å². The Hall–Kier alpha value is -1.63. The molecular formula is C15H15F3O3S. The van der Waals surface area contributed by atoms with Gasteiger partial charge in [0.2, 0.25) is 5.78 Å². The second-order valence-corrected chi connectivity index (χ2v) is 7.52. The fraction of sp³-hybridized carbons (Fsp3) is 0.400. The molecule has 2 rings (SSSR count). The van der Waals surface area contributed by atoms with Crippen LogP contribution in [0.15, 0.2) is 46.9 Å². The lowest BCUT2D eigenvalue weighted by Crippen LogP contribution is -2.42. The Morgan fingerprint density at radius 2 is 1.77 bits per heavy atom. The van der Waals surface area contributed by atoms with Crippen LogP contribution in [0.1, 0.15) is 19.8 Å². The van der Waals surface area contributed by atoms with E-state index in [1.807, 2.05) is 0 Å². The van der Waals surface area contributed by atoms with Crippen molar-refractivity contribution in [3.63, 3.8) is 0 Å². The Morgan fingerprint density at radius 3 is 2.32 bits per heavy atom. The van der Waals surface area contributed by atoms with Crippen LogP contribution in [-0.2, 0) is 14.6 Å². The summed E-state index contributed by atoms with van der Waals surface area (Å²) in [6.45, 7) is 1.60. The zero-order valence-corrected chi connectivity index (χ0v) is 12.6. The SMILES string of the molecule is CC1=CC[C@@H](S(=O)(=O)c2ccccc2)[C@H](C(=O)C(F)(F)F)C1. The topological polar surface area (TPSA) is 51.2 Å². The number of ketones is 1.